The van der Waals surface area contributed by atoms with Crippen molar-refractivity contribution in [3.63, 3.8) is 0 Å². The van der Waals surface area contributed by atoms with E-state index in [-0.39, 0.29) is 0 Å². The van der Waals surface area contributed by atoms with Crippen molar-refractivity contribution in [1.29, 1.82) is 0 Å². The van der Waals surface area contributed by atoms with E-state index >= 15 is 0 Å². The van der Waals surface area contributed by atoms with E-state index in [0.717, 1.165) is 135 Å². The molecule has 4 nitrogen and oxygen atoms in total. The number of hydrogen-bond acceptors (Lipinski definition) is 4. The summed E-state index contributed by atoms with van der Waals surface area (Å²) in [6.07, 6.45) is 0. The smallest absolute Gasteiger partial charge is 0.0715 e. The number of hydrogen-bond donors (Lipinski definition) is 0. The minimum atomic E-state index is 0.879. The van der Waals surface area contributed by atoms with Gasteiger partial charge in [0.05, 0.1) is 45.6 Å². The van der Waals surface area contributed by atoms with E-state index in [4.69, 9.17) is 19.9 Å². The van der Waals surface area contributed by atoms with Crippen molar-refractivity contribution in [3.05, 3.63) is 303 Å². The molecule has 9 aromatic carbocycles. The first-order valence-electron chi connectivity index (χ1n) is 26.3. The second-order valence-electron chi connectivity index (χ2n) is 19.4. The molecule has 0 aliphatic rings. The number of aromatic nitrogens is 4. The maximum Gasteiger partial charge on any atom is 0.0715 e. The lowest BCUT2D eigenvalue weighted by Crippen LogP contribution is -1.98. The van der Waals surface area contributed by atoms with Crippen LogP contribution in [0.2, 0.25) is 0 Å². The second-order valence-corrected chi connectivity index (χ2v) is 19.4. The van der Waals surface area contributed by atoms with Crippen LogP contribution in [0.3, 0.4) is 0 Å². The first kappa shape index (κ1) is 47.3. The van der Waals surface area contributed by atoms with Gasteiger partial charge in [0, 0.05) is 44.5 Å². The van der Waals surface area contributed by atoms with Crippen molar-refractivity contribution < 1.29 is 0 Å². The Bertz CT molecular complexity index is 3410. The van der Waals surface area contributed by atoms with Crippen LogP contribution in [-0.2, 0) is 0 Å². The third-order valence-electron chi connectivity index (χ3n) is 14.3. The molecule has 0 amide bonds. The quantitative estimate of drug-likeness (QED) is 0.122. The Balaban J connectivity index is 1.18. The number of benzene rings is 9. The van der Waals surface area contributed by atoms with Gasteiger partial charge in [0.2, 0.25) is 0 Å². The summed E-state index contributed by atoms with van der Waals surface area (Å²) in [7, 11) is 0. The fourth-order valence-electron chi connectivity index (χ4n) is 10.4. The van der Waals surface area contributed by atoms with Crippen LogP contribution >= 0.6 is 0 Å². The van der Waals surface area contributed by atoms with Gasteiger partial charge in [-0.05, 0) is 105 Å². The molecule has 4 heterocycles. The van der Waals surface area contributed by atoms with Crippen molar-refractivity contribution in [2.45, 2.75) is 0 Å². The summed E-state index contributed by atoms with van der Waals surface area (Å²) in [4.78, 5) is 21.6. The topological polar surface area (TPSA) is 51.6 Å². The summed E-state index contributed by atoms with van der Waals surface area (Å²) in [6, 6.07) is 107. The van der Waals surface area contributed by atoms with Gasteiger partial charge in [0.1, 0.15) is 0 Å². The summed E-state index contributed by atoms with van der Waals surface area (Å²) in [6.45, 7) is 0. The van der Waals surface area contributed by atoms with E-state index < -0.39 is 0 Å². The van der Waals surface area contributed by atoms with Gasteiger partial charge in [-0.1, -0.05) is 243 Å². The molecule has 0 bridgehead atoms. The largest absolute Gasteiger partial charge is 0.248 e. The van der Waals surface area contributed by atoms with Gasteiger partial charge in [-0.2, -0.15) is 0 Å². The standard InChI is InChI=1S/C74H50N4/c1-9-25-51(26-10-1)67-41-59(42-68(75-67)52-27-11-2-12-28-52)63-49-65(61-45-71(55-33-17-5-18-34-55)77-72(46-61)56-35-19-6-20-36-56)66(62-47-73(57-37-21-7-22-38-57)78-74(48-62)58-39-23-8-24-40-58)50-64(63)60-43-69(53-29-13-3-14-30-53)76-70(44-60)54-31-15-4-16-32-54/h1-50H. The summed E-state index contributed by atoms with van der Waals surface area (Å²) < 4.78 is 0. The highest BCUT2D eigenvalue weighted by Gasteiger charge is 2.23. The molecular formula is C74H50N4. The average molecular weight is 995 g/mol. The van der Waals surface area contributed by atoms with E-state index in [0.29, 0.717) is 0 Å². The zero-order valence-corrected chi connectivity index (χ0v) is 42.7. The van der Waals surface area contributed by atoms with Crippen molar-refractivity contribution >= 4 is 0 Å². The van der Waals surface area contributed by atoms with E-state index in [1.807, 2.05) is 0 Å². The van der Waals surface area contributed by atoms with Gasteiger partial charge in [-0.15, -0.1) is 0 Å². The molecule has 366 valence electrons. The minimum absolute atomic E-state index is 0.879. The molecule has 0 unspecified atom stereocenters. The summed E-state index contributed by atoms with van der Waals surface area (Å²) in [5.74, 6) is 0. The van der Waals surface area contributed by atoms with Crippen molar-refractivity contribution in [2.75, 3.05) is 0 Å². The Kier molecular flexibility index (Phi) is 13.0. The molecule has 13 aromatic rings. The Hall–Kier alpha value is -10.4. The Labute approximate surface area is 455 Å². The minimum Gasteiger partial charge on any atom is -0.248 e. The first-order valence-corrected chi connectivity index (χ1v) is 26.3. The zero-order valence-electron chi connectivity index (χ0n) is 42.7. The van der Waals surface area contributed by atoms with E-state index in [1.54, 1.807) is 0 Å². The van der Waals surface area contributed by atoms with E-state index in [2.05, 4.69) is 303 Å². The van der Waals surface area contributed by atoms with Crippen LogP contribution in [0.1, 0.15) is 0 Å². The fraction of sp³-hybridized carbons (Fsp3) is 0. The monoisotopic (exact) mass is 994 g/mol. The molecule has 78 heavy (non-hydrogen) atoms. The molecule has 0 fully saturated rings. The van der Waals surface area contributed by atoms with Gasteiger partial charge in [0.25, 0.3) is 0 Å². The third-order valence-corrected chi connectivity index (χ3v) is 14.3. The third kappa shape index (κ3) is 9.98. The van der Waals surface area contributed by atoms with Crippen molar-refractivity contribution in [3.8, 4) is 135 Å². The highest BCUT2D eigenvalue weighted by atomic mass is 14.7. The Morgan fingerprint density at radius 3 is 0.385 bits per heavy atom. The number of rotatable bonds is 12. The summed E-state index contributed by atoms with van der Waals surface area (Å²) in [5.41, 5.74) is 23.5. The number of nitrogens with zero attached hydrogens (tertiary/aromatic N) is 4. The molecule has 0 N–H and O–H groups in total. The lowest BCUT2D eigenvalue weighted by Gasteiger charge is -2.21. The van der Waals surface area contributed by atoms with Crippen molar-refractivity contribution in [2.24, 2.45) is 0 Å². The number of pyridine rings is 4. The van der Waals surface area contributed by atoms with Crippen molar-refractivity contribution in [1.82, 2.24) is 19.9 Å². The van der Waals surface area contributed by atoms with Crippen LogP contribution in [-0.4, -0.2) is 19.9 Å². The highest BCUT2D eigenvalue weighted by Crippen LogP contribution is 2.47. The maximum atomic E-state index is 5.40. The van der Waals surface area contributed by atoms with E-state index in [1.165, 1.54) is 0 Å². The SMILES string of the molecule is c1ccc(-c2cc(-c3cc(-c4cc(-c5ccccc5)nc(-c5ccccc5)c4)c(-c4cc(-c5ccccc5)nc(-c5ccccc5)c4)cc3-c3cc(-c4ccccc4)nc(-c4ccccc4)c3)cc(-c3ccccc3)n2)cc1. The van der Waals surface area contributed by atoms with Gasteiger partial charge in [-0.3, -0.25) is 0 Å². The molecule has 0 saturated carbocycles. The van der Waals surface area contributed by atoms with Crippen LogP contribution in [0.25, 0.3) is 135 Å². The molecule has 4 heteroatoms. The Morgan fingerprint density at radius 2 is 0.256 bits per heavy atom. The first-order chi connectivity index (χ1) is 38.6. The van der Waals surface area contributed by atoms with Gasteiger partial charge in [0.15, 0.2) is 0 Å². The maximum absolute atomic E-state index is 5.40. The van der Waals surface area contributed by atoms with E-state index in [9.17, 15) is 0 Å². The van der Waals surface area contributed by atoms with Crippen LogP contribution < -0.4 is 0 Å². The normalized spacial score (nSPS) is 11.1. The second kappa shape index (κ2) is 21.4. The lowest BCUT2D eigenvalue weighted by molar-refractivity contribution is 1.31. The van der Waals surface area contributed by atoms with Gasteiger partial charge in [-0.25, -0.2) is 19.9 Å². The average Bonchev–Trinajstić information content (AvgIpc) is 3.71. The summed E-state index contributed by atoms with van der Waals surface area (Å²) in [5, 5.41) is 0. The molecule has 0 saturated heterocycles. The predicted octanol–water partition coefficient (Wildman–Crippen LogP) is 19.3. The molecule has 0 aliphatic carbocycles. The molecule has 4 aromatic heterocycles. The molecular weight excluding hydrogens is 945 g/mol. The Morgan fingerprint density at radius 1 is 0.128 bits per heavy atom. The molecule has 0 spiro atoms. The molecule has 0 radical (unpaired) electrons. The van der Waals surface area contributed by atoms with Crippen LogP contribution in [0, 0.1) is 0 Å². The van der Waals surface area contributed by atoms with Gasteiger partial charge >= 0.3 is 0 Å². The predicted molar refractivity (Wildman–Crippen MR) is 323 cm³/mol. The van der Waals surface area contributed by atoms with Crippen LogP contribution in [0.15, 0.2) is 303 Å². The van der Waals surface area contributed by atoms with Crippen LogP contribution in [0.5, 0.6) is 0 Å². The fourth-order valence-corrected chi connectivity index (χ4v) is 10.4. The summed E-state index contributed by atoms with van der Waals surface area (Å²) >= 11 is 0. The van der Waals surface area contributed by atoms with Gasteiger partial charge < -0.3 is 0 Å². The molecule has 0 atom stereocenters. The molecule has 0 aliphatic heterocycles. The lowest BCUT2D eigenvalue weighted by atomic mass is 9.84. The highest BCUT2D eigenvalue weighted by molar-refractivity contribution is 5.99. The molecule has 13 rings (SSSR count). The zero-order chi connectivity index (χ0) is 52.0. The van der Waals surface area contributed by atoms with Crippen LogP contribution in [0.4, 0.5) is 0 Å².